The van der Waals surface area contributed by atoms with Gasteiger partial charge in [0.15, 0.2) is 11.5 Å². The average Bonchev–Trinajstić information content (AvgIpc) is 3.20. The molecule has 23 heavy (non-hydrogen) atoms. The standard InChI is InChI=1S/C18H18N2O3/c1-12(14-6-7-16-17(10-14)23-11-22-16)19-18(21)20-9-8-13-4-2-3-5-15(13)20/h2-7,10,12H,8-9,11H2,1H3,(H,19,21). The zero-order valence-electron chi connectivity index (χ0n) is 12.9. The Labute approximate surface area is 134 Å². The third-order valence-electron chi connectivity index (χ3n) is 4.37. The van der Waals surface area contributed by atoms with Crippen molar-refractivity contribution in [2.75, 3.05) is 18.2 Å². The van der Waals surface area contributed by atoms with Gasteiger partial charge >= 0.3 is 6.03 Å². The number of nitrogens with one attached hydrogen (secondary N) is 1. The third-order valence-corrected chi connectivity index (χ3v) is 4.37. The first kappa shape index (κ1) is 13.9. The molecule has 2 amide bonds. The Morgan fingerprint density at radius 3 is 2.91 bits per heavy atom. The van der Waals surface area contributed by atoms with Crippen LogP contribution in [-0.2, 0) is 6.42 Å². The second-order valence-electron chi connectivity index (χ2n) is 5.81. The van der Waals surface area contributed by atoms with E-state index in [9.17, 15) is 4.79 Å². The first-order chi connectivity index (χ1) is 11.2. The van der Waals surface area contributed by atoms with Crippen molar-refractivity contribution in [2.45, 2.75) is 19.4 Å². The first-order valence-corrected chi connectivity index (χ1v) is 7.78. The van der Waals surface area contributed by atoms with E-state index in [-0.39, 0.29) is 18.9 Å². The van der Waals surface area contributed by atoms with E-state index < -0.39 is 0 Å². The van der Waals surface area contributed by atoms with E-state index in [4.69, 9.17) is 9.47 Å². The fourth-order valence-corrected chi connectivity index (χ4v) is 3.08. The molecule has 1 unspecified atom stereocenters. The molecule has 0 spiro atoms. The molecular formula is C18H18N2O3. The van der Waals surface area contributed by atoms with Crippen molar-refractivity contribution < 1.29 is 14.3 Å². The molecule has 0 radical (unpaired) electrons. The summed E-state index contributed by atoms with van der Waals surface area (Å²) in [6, 6.07) is 13.6. The van der Waals surface area contributed by atoms with Crippen molar-refractivity contribution in [1.29, 1.82) is 0 Å². The molecular weight excluding hydrogens is 292 g/mol. The van der Waals surface area contributed by atoms with E-state index in [2.05, 4.69) is 11.4 Å². The van der Waals surface area contributed by atoms with Crippen LogP contribution in [-0.4, -0.2) is 19.4 Å². The summed E-state index contributed by atoms with van der Waals surface area (Å²) >= 11 is 0. The number of nitrogens with zero attached hydrogens (tertiary/aromatic N) is 1. The predicted octanol–water partition coefficient (Wildman–Crippen LogP) is 3.25. The highest BCUT2D eigenvalue weighted by molar-refractivity contribution is 5.94. The molecule has 0 bridgehead atoms. The van der Waals surface area contributed by atoms with Crippen molar-refractivity contribution in [3.63, 3.8) is 0 Å². The molecule has 0 saturated heterocycles. The number of benzene rings is 2. The molecule has 5 nitrogen and oxygen atoms in total. The summed E-state index contributed by atoms with van der Waals surface area (Å²) in [5.41, 5.74) is 3.22. The Morgan fingerprint density at radius 2 is 2.00 bits per heavy atom. The fourth-order valence-electron chi connectivity index (χ4n) is 3.08. The molecule has 1 N–H and O–H groups in total. The van der Waals surface area contributed by atoms with Gasteiger partial charge in [0.2, 0.25) is 6.79 Å². The van der Waals surface area contributed by atoms with Crippen LogP contribution in [0.5, 0.6) is 11.5 Å². The molecule has 2 aromatic carbocycles. The lowest BCUT2D eigenvalue weighted by atomic mass is 10.1. The number of carbonyl (C=O) groups excluding carboxylic acids is 1. The number of ether oxygens (including phenoxy) is 2. The molecule has 0 fully saturated rings. The molecule has 2 aliphatic rings. The van der Waals surface area contributed by atoms with E-state index in [0.29, 0.717) is 0 Å². The van der Waals surface area contributed by atoms with Crippen LogP contribution in [0.15, 0.2) is 42.5 Å². The van der Waals surface area contributed by atoms with Crippen LogP contribution < -0.4 is 19.7 Å². The second kappa shape index (κ2) is 5.50. The molecule has 2 heterocycles. The van der Waals surface area contributed by atoms with Crippen LogP contribution in [0.4, 0.5) is 10.5 Å². The van der Waals surface area contributed by atoms with Crippen molar-refractivity contribution in [3.05, 3.63) is 53.6 Å². The molecule has 2 aliphatic heterocycles. The van der Waals surface area contributed by atoms with Crippen LogP contribution in [0.25, 0.3) is 0 Å². The Bertz CT molecular complexity index is 760. The minimum atomic E-state index is -0.107. The predicted molar refractivity (Wildman–Crippen MR) is 87.0 cm³/mol. The molecule has 5 heteroatoms. The number of hydrogen-bond acceptors (Lipinski definition) is 3. The summed E-state index contributed by atoms with van der Waals surface area (Å²) in [6.45, 7) is 2.94. The number of rotatable bonds is 2. The van der Waals surface area contributed by atoms with Crippen molar-refractivity contribution >= 4 is 11.7 Å². The maximum atomic E-state index is 12.6. The maximum Gasteiger partial charge on any atom is 0.322 e. The monoisotopic (exact) mass is 310 g/mol. The van der Waals surface area contributed by atoms with Crippen LogP contribution in [0, 0.1) is 0 Å². The maximum absolute atomic E-state index is 12.6. The molecule has 0 aliphatic carbocycles. The SMILES string of the molecule is CC(NC(=O)N1CCc2ccccc21)c1ccc2c(c1)OCO2. The van der Waals surface area contributed by atoms with Gasteiger partial charge in [-0.25, -0.2) is 4.79 Å². The summed E-state index contributed by atoms with van der Waals surface area (Å²) in [6.07, 6.45) is 0.905. The van der Waals surface area contributed by atoms with E-state index in [1.807, 2.05) is 43.3 Å². The molecule has 1 atom stereocenters. The van der Waals surface area contributed by atoms with Gasteiger partial charge in [0.05, 0.1) is 6.04 Å². The van der Waals surface area contributed by atoms with Gasteiger partial charge in [0, 0.05) is 12.2 Å². The number of urea groups is 1. The number of fused-ring (bicyclic) bond motifs is 2. The van der Waals surface area contributed by atoms with Gasteiger partial charge in [-0.1, -0.05) is 24.3 Å². The lowest BCUT2D eigenvalue weighted by Gasteiger charge is -2.22. The summed E-state index contributed by atoms with van der Waals surface area (Å²) in [7, 11) is 0. The van der Waals surface area contributed by atoms with Gasteiger partial charge in [0.1, 0.15) is 0 Å². The van der Waals surface area contributed by atoms with Gasteiger partial charge in [0.25, 0.3) is 0 Å². The summed E-state index contributed by atoms with van der Waals surface area (Å²) in [4.78, 5) is 14.4. The lowest BCUT2D eigenvalue weighted by molar-refractivity contribution is 0.174. The van der Waals surface area contributed by atoms with Gasteiger partial charge in [-0.05, 0) is 42.7 Å². The minimum absolute atomic E-state index is 0.0693. The van der Waals surface area contributed by atoms with Gasteiger partial charge in [-0.15, -0.1) is 0 Å². The molecule has 2 aromatic rings. The fraction of sp³-hybridized carbons (Fsp3) is 0.278. The van der Waals surface area contributed by atoms with E-state index >= 15 is 0 Å². The average molecular weight is 310 g/mol. The number of hydrogen-bond donors (Lipinski definition) is 1. The highest BCUT2D eigenvalue weighted by Crippen LogP contribution is 2.34. The van der Waals surface area contributed by atoms with E-state index in [0.717, 1.165) is 35.7 Å². The van der Waals surface area contributed by atoms with Crippen LogP contribution >= 0.6 is 0 Å². The molecule has 0 saturated carbocycles. The Hall–Kier alpha value is -2.69. The molecule has 4 rings (SSSR count). The quantitative estimate of drug-likeness (QED) is 0.926. The summed E-state index contributed by atoms with van der Waals surface area (Å²) < 4.78 is 10.7. The normalized spacial score (nSPS) is 16.1. The third kappa shape index (κ3) is 2.48. The summed E-state index contributed by atoms with van der Waals surface area (Å²) in [5.74, 6) is 1.48. The van der Waals surface area contributed by atoms with Gasteiger partial charge in [-0.2, -0.15) is 0 Å². The van der Waals surface area contributed by atoms with E-state index in [1.165, 1.54) is 5.56 Å². The van der Waals surface area contributed by atoms with Gasteiger partial charge < -0.3 is 14.8 Å². The Morgan fingerprint density at radius 1 is 1.17 bits per heavy atom. The zero-order valence-corrected chi connectivity index (χ0v) is 12.9. The van der Waals surface area contributed by atoms with Crippen LogP contribution in [0.1, 0.15) is 24.1 Å². The zero-order chi connectivity index (χ0) is 15.8. The largest absolute Gasteiger partial charge is 0.454 e. The van der Waals surface area contributed by atoms with E-state index in [1.54, 1.807) is 4.90 Å². The summed E-state index contributed by atoms with van der Waals surface area (Å²) in [5, 5.41) is 3.06. The first-order valence-electron chi connectivity index (χ1n) is 7.78. The molecule has 0 aromatic heterocycles. The Kier molecular flexibility index (Phi) is 3.33. The molecule has 118 valence electrons. The van der Waals surface area contributed by atoms with Gasteiger partial charge in [-0.3, -0.25) is 4.90 Å². The number of anilines is 1. The van der Waals surface area contributed by atoms with Crippen LogP contribution in [0.2, 0.25) is 0 Å². The highest BCUT2D eigenvalue weighted by Gasteiger charge is 2.25. The van der Waals surface area contributed by atoms with Crippen molar-refractivity contribution in [2.24, 2.45) is 0 Å². The smallest absolute Gasteiger partial charge is 0.322 e. The van der Waals surface area contributed by atoms with Crippen molar-refractivity contribution in [3.8, 4) is 11.5 Å². The topological polar surface area (TPSA) is 50.8 Å². The number of amides is 2. The number of carbonyl (C=O) groups is 1. The number of para-hydroxylation sites is 1. The Balaban J connectivity index is 1.49. The van der Waals surface area contributed by atoms with Crippen LogP contribution in [0.3, 0.4) is 0 Å². The lowest BCUT2D eigenvalue weighted by Crippen LogP contribution is -2.40. The minimum Gasteiger partial charge on any atom is -0.454 e. The highest BCUT2D eigenvalue weighted by atomic mass is 16.7. The van der Waals surface area contributed by atoms with Crippen molar-refractivity contribution in [1.82, 2.24) is 5.32 Å². The second-order valence-corrected chi connectivity index (χ2v) is 5.81.